The molecule has 0 spiro atoms. The summed E-state index contributed by atoms with van der Waals surface area (Å²) < 4.78 is 13.0. The first-order chi connectivity index (χ1) is 10.0. The standard InChI is InChI=1S/C17H20ClFN2/c1-3-21(15-8-5-14(19)6-9-15)16-7-4-13(10-12(2)20)17(18)11-16/h4-9,11-12H,3,10,20H2,1-2H3. The van der Waals surface area contributed by atoms with Crippen molar-refractivity contribution in [3.8, 4) is 0 Å². The Morgan fingerprint density at radius 1 is 1.14 bits per heavy atom. The second-order valence-corrected chi connectivity index (χ2v) is 5.58. The molecule has 0 aliphatic heterocycles. The number of rotatable bonds is 5. The fourth-order valence-corrected chi connectivity index (χ4v) is 2.60. The van der Waals surface area contributed by atoms with E-state index in [0.717, 1.165) is 29.9 Å². The first kappa shape index (κ1) is 15.8. The van der Waals surface area contributed by atoms with Crippen LogP contribution >= 0.6 is 11.6 Å². The Bertz CT molecular complexity index is 596. The van der Waals surface area contributed by atoms with Crippen molar-refractivity contribution >= 4 is 23.0 Å². The summed E-state index contributed by atoms with van der Waals surface area (Å²) in [5.41, 5.74) is 8.79. The Hall–Kier alpha value is -1.58. The molecule has 0 saturated carbocycles. The zero-order chi connectivity index (χ0) is 15.4. The minimum Gasteiger partial charge on any atom is -0.342 e. The van der Waals surface area contributed by atoms with E-state index < -0.39 is 0 Å². The van der Waals surface area contributed by atoms with Crippen molar-refractivity contribution in [2.45, 2.75) is 26.3 Å². The second kappa shape index (κ2) is 6.92. The van der Waals surface area contributed by atoms with Crippen molar-refractivity contribution < 1.29 is 4.39 Å². The van der Waals surface area contributed by atoms with Gasteiger partial charge in [-0.15, -0.1) is 0 Å². The Balaban J connectivity index is 2.30. The molecule has 0 amide bonds. The molecule has 2 aromatic carbocycles. The van der Waals surface area contributed by atoms with E-state index in [-0.39, 0.29) is 11.9 Å². The SMILES string of the molecule is CCN(c1ccc(F)cc1)c1ccc(CC(C)N)c(Cl)c1. The summed E-state index contributed by atoms with van der Waals surface area (Å²) in [6.45, 7) is 4.78. The molecule has 21 heavy (non-hydrogen) atoms. The van der Waals surface area contributed by atoms with Gasteiger partial charge in [0.25, 0.3) is 0 Å². The molecule has 2 rings (SSSR count). The van der Waals surface area contributed by atoms with Crippen LogP contribution in [0.5, 0.6) is 0 Å². The number of anilines is 2. The third-order valence-corrected chi connectivity index (χ3v) is 3.70. The van der Waals surface area contributed by atoms with Crippen LogP contribution in [-0.2, 0) is 6.42 Å². The molecule has 2 aromatic rings. The van der Waals surface area contributed by atoms with Gasteiger partial charge in [0, 0.05) is 29.0 Å². The lowest BCUT2D eigenvalue weighted by Gasteiger charge is -2.24. The van der Waals surface area contributed by atoms with Gasteiger partial charge in [0.05, 0.1) is 0 Å². The average Bonchev–Trinajstić information content (AvgIpc) is 2.44. The molecule has 0 aromatic heterocycles. The third-order valence-electron chi connectivity index (χ3n) is 3.34. The molecule has 2 nitrogen and oxygen atoms in total. The van der Waals surface area contributed by atoms with Gasteiger partial charge in [-0.25, -0.2) is 4.39 Å². The summed E-state index contributed by atoms with van der Waals surface area (Å²) in [5, 5.41) is 0.713. The van der Waals surface area contributed by atoms with E-state index in [1.807, 2.05) is 32.0 Å². The number of nitrogens with two attached hydrogens (primary N) is 1. The van der Waals surface area contributed by atoms with Crippen LogP contribution in [0.25, 0.3) is 0 Å². The highest BCUT2D eigenvalue weighted by molar-refractivity contribution is 6.31. The van der Waals surface area contributed by atoms with Crippen LogP contribution < -0.4 is 10.6 Å². The third kappa shape index (κ3) is 3.96. The van der Waals surface area contributed by atoms with E-state index in [2.05, 4.69) is 4.90 Å². The van der Waals surface area contributed by atoms with Gasteiger partial charge in [-0.3, -0.25) is 0 Å². The number of nitrogens with zero attached hydrogens (tertiary/aromatic N) is 1. The minimum atomic E-state index is -0.236. The van der Waals surface area contributed by atoms with Crippen LogP contribution in [0.2, 0.25) is 5.02 Å². The molecule has 1 atom stereocenters. The maximum atomic E-state index is 13.0. The normalized spacial score (nSPS) is 12.2. The van der Waals surface area contributed by atoms with E-state index in [1.165, 1.54) is 12.1 Å². The average molecular weight is 307 g/mol. The van der Waals surface area contributed by atoms with Crippen LogP contribution in [0.15, 0.2) is 42.5 Å². The largest absolute Gasteiger partial charge is 0.342 e. The Kier molecular flexibility index (Phi) is 5.21. The topological polar surface area (TPSA) is 29.3 Å². The first-order valence-electron chi connectivity index (χ1n) is 7.08. The molecule has 0 heterocycles. The molecule has 0 fully saturated rings. The summed E-state index contributed by atoms with van der Waals surface area (Å²) in [6.07, 6.45) is 0.752. The van der Waals surface area contributed by atoms with E-state index in [4.69, 9.17) is 17.3 Å². The first-order valence-corrected chi connectivity index (χ1v) is 7.46. The summed E-state index contributed by atoms with van der Waals surface area (Å²) in [7, 11) is 0. The van der Waals surface area contributed by atoms with Gasteiger partial charge in [-0.1, -0.05) is 17.7 Å². The van der Waals surface area contributed by atoms with Crippen molar-refractivity contribution in [3.63, 3.8) is 0 Å². The Labute approximate surface area is 130 Å². The number of halogens is 2. The van der Waals surface area contributed by atoms with Crippen LogP contribution in [0.3, 0.4) is 0 Å². The lowest BCUT2D eigenvalue weighted by Crippen LogP contribution is -2.19. The predicted octanol–water partition coefficient (Wildman–Crippen LogP) is 4.53. The van der Waals surface area contributed by atoms with Crippen molar-refractivity contribution in [2.75, 3.05) is 11.4 Å². The second-order valence-electron chi connectivity index (χ2n) is 5.18. The van der Waals surface area contributed by atoms with Gasteiger partial charge in [0.2, 0.25) is 0 Å². The zero-order valence-corrected chi connectivity index (χ0v) is 13.1. The van der Waals surface area contributed by atoms with E-state index in [0.29, 0.717) is 5.02 Å². The van der Waals surface area contributed by atoms with Crippen LogP contribution in [0.4, 0.5) is 15.8 Å². The lowest BCUT2D eigenvalue weighted by atomic mass is 10.1. The van der Waals surface area contributed by atoms with E-state index in [9.17, 15) is 4.39 Å². The maximum absolute atomic E-state index is 13.0. The molecule has 0 aliphatic carbocycles. The highest BCUT2D eigenvalue weighted by Gasteiger charge is 2.10. The molecule has 4 heteroatoms. The number of benzene rings is 2. The van der Waals surface area contributed by atoms with E-state index >= 15 is 0 Å². The van der Waals surface area contributed by atoms with Crippen LogP contribution in [0, 0.1) is 5.82 Å². The summed E-state index contributed by atoms with van der Waals surface area (Å²) in [5.74, 6) is -0.236. The molecule has 112 valence electrons. The van der Waals surface area contributed by atoms with Gasteiger partial charge < -0.3 is 10.6 Å². The smallest absolute Gasteiger partial charge is 0.123 e. The fourth-order valence-electron chi connectivity index (χ4n) is 2.35. The fraction of sp³-hybridized carbons (Fsp3) is 0.294. The number of hydrogen-bond acceptors (Lipinski definition) is 2. The number of hydrogen-bond donors (Lipinski definition) is 1. The highest BCUT2D eigenvalue weighted by atomic mass is 35.5. The molecule has 0 saturated heterocycles. The van der Waals surface area contributed by atoms with Crippen LogP contribution in [-0.4, -0.2) is 12.6 Å². The van der Waals surface area contributed by atoms with Crippen molar-refractivity contribution in [3.05, 3.63) is 58.9 Å². The Morgan fingerprint density at radius 3 is 2.29 bits per heavy atom. The van der Waals surface area contributed by atoms with Gasteiger partial charge in [0.15, 0.2) is 0 Å². The monoisotopic (exact) mass is 306 g/mol. The molecular weight excluding hydrogens is 287 g/mol. The van der Waals surface area contributed by atoms with E-state index in [1.54, 1.807) is 12.1 Å². The molecule has 1 unspecified atom stereocenters. The maximum Gasteiger partial charge on any atom is 0.123 e. The zero-order valence-electron chi connectivity index (χ0n) is 12.3. The highest BCUT2D eigenvalue weighted by Crippen LogP contribution is 2.29. The summed E-state index contributed by atoms with van der Waals surface area (Å²) in [4.78, 5) is 2.08. The van der Waals surface area contributed by atoms with Gasteiger partial charge in [0.1, 0.15) is 5.82 Å². The predicted molar refractivity (Wildman–Crippen MR) is 87.9 cm³/mol. The Morgan fingerprint density at radius 2 is 1.76 bits per heavy atom. The minimum absolute atomic E-state index is 0.0766. The van der Waals surface area contributed by atoms with Crippen molar-refractivity contribution in [1.82, 2.24) is 0 Å². The van der Waals surface area contributed by atoms with Gasteiger partial charge in [-0.05, 0) is 62.2 Å². The summed E-state index contributed by atoms with van der Waals surface area (Å²) in [6, 6.07) is 12.5. The molecule has 0 aliphatic rings. The van der Waals surface area contributed by atoms with Gasteiger partial charge >= 0.3 is 0 Å². The lowest BCUT2D eigenvalue weighted by molar-refractivity contribution is 0.628. The quantitative estimate of drug-likeness (QED) is 0.879. The van der Waals surface area contributed by atoms with Crippen molar-refractivity contribution in [1.29, 1.82) is 0 Å². The molecule has 2 N–H and O–H groups in total. The summed E-state index contributed by atoms with van der Waals surface area (Å²) >= 11 is 6.34. The molecule has 0 radical (unpaired) electrons. The van der Waals surface area contributed by atoms with Crippen LogP contribution in [0.1, 0.15) is 19.4 Å². The van der Waals surface area contributed by atoms with Gasteiger partial charge in [-0.2, -0.15) is 0 Å². The molecule has 0 bridgehead atoms. The van der Waals surface area contributed by atoms with Crippen molar-refractivity contribution in [2.24, 2.45) is 5.73 Å². The molecular formula is C17H20ClFN2.